The van der Waals surface area contributed by atoms with Crippen LogP contribution in [0.15, 0.2) is 12.1 Å². The highest BCUT2D eigenvalue weighted by molar-refractivity contribution is 6.30. The molecule has 1 aromatic heterocycles. The van der Waals surface area contributed by atoms with Crippen molar-refractivity contribution in [1.82, 2.24) is 10.3 Å². The number of amides is 1. The largest absolute Gasteiger partial charge is 0.444 e. The van der Waals surface area contributed by atoms with Crippen molar-refractivity contribution in [2.24, 2.45) is 0 Å². The zero-order chi connectivity index (χ0) is 17.0. The molecule has 2 rings (SSSR count). The van der Waals surface area contributed by atoms with Gasteiger partial charge in [0.1, 0.15) is 22.6 Å². The Morgan fingerprint density at radius 3 is 2.61 bits per heavy atom. The number of carbonyl (C=O) groups excluding carboxylic acids is 1. The van der Waals surface area contributed by atoms with Gasteiger partial charge in [0.15, 0.2) is 0 Å². The fraction of sp³-hybridized carbons (Fsp3) is 0.562. The second-order valence-electron chi connectivity index (χ2n) is 6.53. The number of hydrogen-bond acceptors (Lipinski definition) is 5. The number of nitrogens with zero attached hydrogens (tertiary/aromatic N) is 3. The summed E-state index contributed by atoms with van der Waals surface area (Å²) in [7, 11) is 0. The fourth-order valence-corrected chi connectivity index (χ4v) is 2.60. The van der Waals surface area contributed by atoms with E-state index in [0.29, 0.717) is 5.56 Å². The summed E-state index contributed by atoms with van der Waals surface area (Å²) in [6, 6.07) is 5.56. The van der Waals surface area contributed by atoms with Crippen LogP contribution in [-0.4, -0.2) is 35.8 Å². The van der Waals surface area contributed by atoms with E-state index in [-0.39, 0.29) is 17.3 Å². The molecule has 2 heterocycles. The Kier molecular flexibility index (Phi) is 5.32. The van der Waals surface area contributed by atoms with Crippen LogP contribution in [0.5, 0.6) is 0 Å². The molecular formula is C16H21ClN4O2. The van der Waals surface area contributed by atoms with E-state index in [4.69, 9.17) is 21.6 Å². The number of aromatic nitrogens is 1. The second-order valence-corrected chi connectivity index (χ2v) is 6.89. The maximum absolute atomic E-state index is 11.8. The zero-order valence-corrected chi connectivity index (χ0v) is 14.4. The first kappa shape index (κ1) is 17.4. The molecule has 0 unspecified atom stereocenters. The topological polar surface area (TPSA) is 78.2 Å². The van der Waals surface area contributed by atoms with E-state index in [0.717, 1.165) is 31.7 Å². The predicted molar refractivity (Wildman–Crippen MR) is 88.6 cm³/mol. The number of alkyl carbamates (subject to hydrolysis) is 1. The van der Waals surface area contributed by atoms with E-state index < -0.39 is 5.60 Å². The highest BCUT2D eigenvalue weighted by Crippen LogP contribution is 2.22. The summed E-state index contributed by atoms with van der Waals surface area (Å²) < 4.78 is 5.27. The lowest BCUT2D eigenvalue weighted by molar-refractivity contribution is 0.0497. The highest BCUT2D eigenvalue weighted by atomic mass is 35.5. The molecule has 0 radical (unpaired) electrons. The second kappa shape index (κ2) is 7.05. The molecule has 7 heteroatoms. The lowest BCUT2D eigenvalue weighted by Gasteiger charge is -2.33. The van der Waals surface area contributed by atoms with Crippen LogP contribution in [0.3, 0.4) is 0 Å². The molecule has 1 fully saturated rings. The number of halogens is 1. The summed E-state index contributed by atoms with van der Waals surface area (Å²) in [4.78, 5) is 18.1. The molecule has 0 atom stereocenters. The summed E-state index contributed by atoms with van der Waals surface area (Å²) in [5, 5.41) is 12.0. The minimum atomic E-state index is -0.492. The molecule has 23 heavy (non-hydrogen) atoms. The van der Waals surface area contributed by atoms with E-state index in [9.17, 15) is 4.79 Å². The van der Waals surface area contributed by atoms with E-state index >= 15 is 0 Å². The molecule has 0 aromatic carbocycles. The van der Waals surface area contributed by atoms with Crippen molar-refractivity contribution in [1.29, 1.82) is 5.26 Å². The van der Waals surface area contributed by atoms with Crippen molar-refractivity contribution in [3.05, 3.63) is 22.8 Å². The Hall–Kier alpha value is -2.00. The number of hydrogen-bond donors (Lipinski definition) is 1. The minimum absolute atomic E-state index is 0.0925. The molecule has 0 aliphatic carbocycles. The molecule has 0 saturated carbocycles. The fourth-order valence-electron chi connectivity index (χ4n) is 2.41. The van der Waals surface area contributed by atoms with Gasteiger partial charge in [-0.1, -0.05) is 11.6 Å². The monoisotopic (exact) mass is 336 g/mol. The molecule has 1 aliphatic rings. The molecule has 124 valence electrons. The number of rotatable bonds is 2. The van der Waals surface area contributed by atoms with Gasteiger partial charge in [0.05, 0.1) is 5.56 Å². The molecule has 1 aromatic rings. The molecule has 1 saturated heterocycles. The van der Waals surface area contributed by atoms with E-state index in [2.05, 4.69) is 15.2 Å². The molecule has 1 aliphatic heterocycles. The Morgan fingerprint density at radius 1 is 1.43 bits per heavy atom. The summed E-state index contributed by atoms with van der Waals surface area (Å²) >= 11 is 5.97. The van der Waals surface area contributed by atoms with Crippen LogP contribution in [-0.2, 0) is 4.74 Å². The third-order valence-electron chi connectivity index (χ3n) is 3.49. The van der Waals surface area contributed by atoms with Crippen LogP contribution in [0.4, 0.5) is 10.6 Å². The zero-order valence-electron chi connectivity index (χ0n) is 13.6. The quantitative estimate of drug-likeness (QED) is 0.839. The van der Waals surface area contributed by atoms with Crippen molar-refractivity contribution >= 4 is 23.5 Å². The van der Waals surface area contributed by atoms with E-state index in [1.807, 2.05) is 26.8 Å². The summed E-state index contributed by atoms with van der Waals surface area (Å²) in [5.74, 6) is 0.754. The summed E-state index contributed by atoms with van der Waals surface area (Å²) in [5.41, 5.74) is -0.120. The number of pyridine rings is 1. The van der Waals surface area contributed by atoms with Gasteiger partial charge < -0.3 is 15.0 Å². The maximum atomic E-state index is 11.8. The van der Waals surface area contributed by atoms with Crippen LogP contribution in [0.2, 0.25) is 5.15 Å². The normalized spacial score (nSPS) is 15.9. The van der Waals surface area contributed by atoms with Gasteiger partial charge in [0.2, 0.25) is 0 Å². The molecule has 6 nitrogen and oxygen atoms in total. The first-order chi connectivity index (χ1) is 10.8. The van der Waals surface area contributed by atoms with Gasteiger partial charge in [0.25, 0.3) is 0 Å². The standard InChI is InChI=1S/C16H21ClN4O2/c1-16(2,3)23-15(22)19-12-6-8-21(9-7-12)13-5-4-11(10-18)14(17)20-13/h4-5,12H,6-9H2,1-3H3,(H,19,22). The molecule has 1 N–H and O–H groups in total. The first-order valence-corrected chi connectivity index (χ1v) is 7.97. The predicted octanol–water partition coefficient (Wildman–Crippen LogP) is 3.10. The van der Waals surface area contributed by atoms with Crippen LogP contribution in [0, 0.1) is 11.3 Å². The SMILES string of the molecule is CC(C)(C)OC(=O)NC1CCN(c2ccc(C#N)c(Cl)n2)CC1. The summed E-state index contributed by atoms with van der Waals surface area (Å²) in [6.07, 6.45) is 1.23. The summed E-state index contributed by atoms with van der Waals surface area (Å²) in [6.45, 7) is 7.05. The third kappa shape index (κ3) is 5.00. The number of nitriles is 1. The van der Waals surface area contributed by atoms with E-state index in [1.165, 1.54) is 0 Å². The van der Waals surface area contributed by atoms with Gasteiger partial charge in [-0.15, -0.1) is 0 Å². The Morgan fingerprint density at radius 2 is 2.09 bits per heavy atom. The van der Waals surface area contributed by atoms with Gasteiger partial charge in [0, 0.05) is 19.1 Å². The number of anilines is 1. The van der Waals surface area contributed by atoms with Crippen LogP contribution >= 0.6 is 11.6 Å². The van der Waals surface area contributed by atoms with Crippen molar-refractivity contribution in [3.8, 4) is 6.07 Å². The van der Waals surface area contributed by atoms with Gasteiger partial charge >= 0.3 is 6.09 Å². The average molecular weight is 337 g/mol. The van der Waals surface area contributed by atoms with Crippen molar-refractivity contribution in [3.63, 3.8) is 0 Å². The smallest absolute Gasteiger partial charge is 0.407 e. The van der Waals surface area contributed by atoms with Crippen molar-refractivity contribution in [2.45, 2.75) is 45.3 Å². The first-order valence-electron chi connectivity index (χ1n) is 7.59. The number of nitrogens with one attached hydrogen (secondary N) is 1. The molecule has 1 amide bonds. The van der Waals surface area contributed by atoms with Gasteiger partial charge in [-0.25, -0.2) is 9.78 Å². The number of carbonyl (C=O) groups is 1. The van der Waals surface area contributed by atoms with Gasteiger partial charge in [-0.05, 0) is 45.7 Å². The Bertz CT molecular complexity index is 613. The molecular weight excluding hydrogens is 316 g/mol. The molecule has 0 spiro atoms. The van der Waals surface area contributed by atoms with Crippen molar-refractivity contribution < 1.29 is 9.53 Å². The van der Waals surface area contributed by atoms with Gasteiger partial charge in [-0.2, -0.15) is 5.26 Å². The van der Waals surface area contributed by atoms with Crippen LogP contribution in [0.25, 0.3) is 0 Å². The van der Waals surface area contributed by atoms with Crippen LogP contribution < -0.4 is 10.2 Å². The maximum Gasteiger partial charge on any atom is 0.407 e. The third-order valence-corrected chi connectivity index (χ3v) is 3.78. The number of ether oxygens (including phenoxy) is 1. The minimum Gasteiger partial charge on any atom is -0.444 e. The number of piperidine rings is 1. The Labute approximate surface area is 141 Å². The average Bonchev–Trinajstić information content (AvgIpc) is 2.46. The van der Waals surface area contributed by atoms with E-state index in [1.54, 1.807) is 12.1 Å². The van der Waals surface area contributed by atoms with Crippen molar-refractivity contribution in [2.75, 3.05) is 18.0 Å². The van der Waals surface area contributed by atoms with Gasteiger partial charge in [-0.3, -0.25) is 0 Å². The lowest BCUT2D eigenvalue weighted by Crippen LogP contribution is -2.46. The lowest BCUT2D eigenvalue weighted by atomic mass is 10.1. The highest BCUT2D eigenvalue weighted by Gasteiger charge is 2.24. The van der Waals surface area contributed by atoms with Crippen LogP contribution in [0.1, 0.15) is 39.2 Å². The Balaban J connectivity index is 1.88. The molecule has 0 bridgehead atoms.